The molecule has 1 aromatic heterocycles. The minimum atomic E-state index is -0.0983. The molecule has 11 aromatic rings. The Bertz CT molecular complexity index is 4010. The van der Waals surface area contributed by atoms with Gasteiger partial charge in [0.2, 0.25) is 0 Å². The number of hydrogen-bond donors (Lipinski definition) is 0. The van der Waals surface area contributed by atoms with Gasteiger partial charge in [-0.15, -0.1) is 0 Å². The second-order valence-corrected chi connectivity index (χ2v) is 20.6. The molecule has 0 spiro atoms. The zero-order valence-electron chi connectivity index (χ0n) is 40.3. The highest BCUT2D eigenvalue weighted by Gasteiger charge is 2.49. The maximum Gasteiger partial charge on any atom is 0.252 e. The van der Waals surface area contributed by atoms with Gasteiger partial charge in [-0.3, -0.25) is 0 Å². The average Bonchev–Trinajstić information content (AvgIpc) is 3.84. The van der Waals surface area contributed by atoms with Crippen LogP contribution in [-0.4, -0.2) is 13.4 Å². The van der Waals surface area contributed by atoms with Crippen molar-refractivity contribution >= 4 is 136 Å². The lowest BCUT2D eigenvalue weighted by molar-refractivity contribution is 0.444. The summed E-state index contributed by atoms with van der Waals surface area (Å²) in [6.45, 7) is -0.133. The molecule has 5 heterocycles. The van der Waals surface area contributed by atoms with Gasteiger partial charge in [-0.1, -0.05) is 153 Å². The summed E-state index contributed by atoms with van der Waals surface area (Å²) >= 11 is 0. The van der Waals surface area contributed by atoms with Gasteiger partial charge < -0.3 is 24.0 Å². The van der Waals surface area contributed by atoms with E-state index in [1.807, 2.05) is 0 Å². The smallest absolute Gasteiger partial charge is 0.252 e. The number of fused-ring (bicyclic) bond motifs is 12. The Balaban J connectivity index is 1.05. The highest BCUT2D eigenvalue weighted by Crippen LogP contribution is 2.52. The van der Waals surface area contributed by atoms with Gasteiger partial charge in [-0.05, 0) is 142 Å². The first-order valence-corrected chi connectivity index (χ1v) is 26.2. The molecule has 0 bridgehead atoms. The van der Waals surface area contributed by atoms with Gasteiger partial charge in [0.25, 0.3) is 13.4 Å². The van der Waals surface area contributed by atoms with E-state index in [1.165, 1.54) is 116 Å². The van der Waals surface area contributed by atoms with Crippen LogP contribution in [0.4, 0.5) is 68.2 Å². The number of furan rings is 1. The first kappa shape index (κ1) is 41.0. The Morgan fingerprint density at radius 3 is 1.37 bits per heavy atom. The van der Waals surface area contributed by atoms with E-state index in [0.717, 1.165) is 44.7 Å². The molecule has 0 unspecified atom stereocenters. The molecule has 0 amide bonds. The standard InChI is InChI=1S/C66H48B2N4O/c1-6-22-43(23-7-1)44-38-58-64-59(39-44)71(47-28-12-4-13-29-47)56-41-57-53(40-52(56)67(64)50-33-17-19-35-54(50)69(58)45-24-8-2-9-25-45)68-51-34-18-20-36-55(51)70(46-26-10-3-11-27-46)60-42-62-63(49-32-16-21-37-61(49)73-62)66(65(60)68)72(57)48-30-14-5-15-31-48/h2-5,8-21,24-43H,1,6-7,22-23H2. The number of anilines is 12. The molecule has 0 radical (unpaired) electrons. The van der Waals surface area contributed by atoms with Crippen LogP contribution in [0.25, 0.3) is 21.9 Å². The van der Waals surface area contributed by atoms with E-state index in [9.17, 15) is 0 Å². The molecule has 5 nitrogen and oxygen atoms in total. The minimum absolute atomic E-state index is 0.0344. The van der Waals surface area contributed by atoms with Crippen LogP contribution in [-0.2, 0) is 0 Å². The van der Waals surface area contributed by atoms with Crippen molar-refractivity contribution < 1.29 is 4.42 Å². The molecule has 5 aliphatic rings. The van der Waals surface area contributed by atoms with Crippen LogP contribution in [0.1, 0.15) is 43.6 Å². The van der Waals surface area contributed by atoms with Crippen molar-refractivity contribution in [1.82, 2.24) is 0 Å². The van der Waals surface area contributed by atoms with Crippen molar-refractivity contribution in [2.24, 2.45) is 0 Å². The molecule has 7 heteroatoms. The average molecular weight is 935 g/mol. The van der Waals surface area contributed by atoms with Gasteiger partial charge >= 0.3 is 0 Å². The third-order valence-corrected chi connectivity index (χ3v) is 16.7. The van der Waals surface area contributed by atoms with E-state index in [2.05, 4.69) is 244 Å². The number of nitrogens with zero attached hydrogens (tertiary/aromatic N) is 4. The molecule has 1 aliphatic carbocycles. The van der Waals surface area contributed by atoms with Gasteiger partial charge in [0.05, 0.1) is 11.1 Å². The molecule has 16 rings (SSSR count). The Kier molecular flexibility index (Phi) is 8.94. The van der Waals surface area contributed by atoms with Crippen molar-refractivity contribution in [1.29, 1.82) is 0 Å². The van der Waals surface area contributed by atoms with Crippen LogP contribution in [0.2, 0.25) is 0 Å². The van der Waals surface area contributed by atoms with Crippen molar-refractivity contribution in [2.75, 3.05) is 19.6 Å². The Labute approximate surface area is 426 Å². The lowest BCUT2D eigenvalue weighted by Crippen LogP contribution is -2.65. The van der Waals surface area contributed by atoms with E-state index in [4.69, 9.17) is 4.42 Å². The van der Waals surface area contributed by atoms with Crippen LogP contribution >= 0.6 is 0 Å². The second kappa shape index (κ2) is 15.9. The third-order valence-electron chi connectivity index (χ3n) is 16.7. The van der Waals surface area contributed by atoms with E-state index in [-0.39, 0.29) is 13.4 Å². The maximum atomic E-state index is 6.98. The molecule has 1 fully saturated rings. The summed E-state index contributed by atoms with van der Waals surface area (Å²) in [5, 5.41) is 2.25. The molecule has 0 N–H and O–H groups in total. The Morgan fingerprint density at radius 2 is 0.795 bits per heavy atom. The van der Waals surface area contributed by atoms with Crippen molar-refractivity contribution in [3.8, 4) is 0 Å². The topological polar surface area (TPSA) is 26.1 Å². The Hall–Kier alpha value is -8.67. The van der Waals surface area contributed by atoms with Gasteiger partial charge in [0, 0.05) is 74.0 Å². The summed E-state index contributed by atoms with van der Waals surface area (Å²) in [6.07, 6.45) is 6.29. The quantitative estimate of drug-likeness (QED) is 0.160. The highest BCUT2D eigenvalue weighted by molar-refractivity contribution is 7.03. The molecular formula is C66H48B2N4O. The summed E-state index contributed by atoms with van der Waals surface area (Å²) in [5.41, 5.74) is 25.3. The zero-order chi connectivity index (χ0) is 47.7. The molecule has 0 atom stereocenters. The summed E-state index contributed by atoms with van der Waals surface area (Å²) in [7, 11) is 0. The van der Waals surface area contributed by atoms with Crippen LogP contribution in [0, 0.1) is 0 Å². The van der Waals surface area contributed by atoms with Gasteiger partial charge in [0.15, 0.2) is 0 Å². The van der Waals surface area contributed by atoms with E-state index in [1.54, 1.807) is 0 Å². The highest BCUT2D eigenvalue weighted by atomic mass is 16.3. The third kappa shape index (κ3) is 5.94. The number of para-hydroxylation sites is 7. The van der Waals surface area contributed by atoms with Crippen LogP contribution in [0.5, 0.6) is 0 Å². The fourth-order valence-electron chi connectivity index (χ4n) is 13.8. The predicted octanol–water partition coefficient (Wildman–Crippen LogP) is 13.8. The Morgan fingerprint density at radius 1 is 0.342 bits per heavy atom. The van der Waals surface area contributed by atoms with Crippen molar-refractivity contribution in [3.05, 3.63) is 230 Å². The van der Waals surface area contributed by atoms with E-state index < -0.39 is 0 Å². The summed E-state index contributed by atoms with van der Waals surface area (Å²) < 4.78 is 6.98. The maximum absolute atomic E-state index is 6.98. The second-order valence-electron chi connectivity index (χ2n) is 20.6. The van der Waals surface area contributed by atoms with Crippen LogP contribution < -0.4 is 52.4 Å². The zero-order valence-corrected chi connectivity index (χ0v) is 40.3. The summed E-state index contributed by atoms with van der Waals surface area (Å²) in [4.78, 5) is 10.3. The van der Waals surface area contributed by atoms with Gasteiger partial charge in [-0.2, -0.15) is 0 Å². The van der Waals surface area contributed by atoms with E-state index >= 15 is 0 Å². The summed E-state index contributed by atoms with van der Waals surface area (Å²) in [5.74, 6) is 0.499. The SMILES string of the molecule is c1ccc(N2c3ccccc3B3c4cc5c(cc4N(c4ccccc4)c4cc(C6CCCCC6)cc2c43)N(c2ccccc2)c2c3c(cc4oc6ccccc6c24)N(c2ccccc2)c2ccccc2B53)cc1. The first-order valence-electron chi connectivity index (χ1n) is 26.2. The largest absolute Gasteiger partial charge is 0.456 e. The van der Waals surface area contributed by atoms with Crippen LogP contribution in [0.3, 0.4) is 0 Å². The first-order chi connectivity index (χ1) is 36.3. The molecule has 4 aliphatic heterocycles. The summed E-state index contributed by atoms with van der Waals surface area (Å²) in [6, 6.07) is 83.9. The molecule has 344 valence electrons. The van der Waals surface area contributed by atoms with Crippen molar-refractivity contribution in [2.45, 2.75) is 38.0 Å². The molecule has 73 heavy (non-hydrogen) atoms. The lowest BCUT2D eigenvalue weighted by Gasteiger charge is -2.47. The lowest BCUT2D eigenvalue weighted by atomic mass is 9.30. The van der Waals surface area contributed by atoms with Gasteiger partial charge in [-0.25, -0.2) is 0 Å². The number of benzene rings is 10. The number of hydrogen-bond acceptors (Lipinski definition) is 5. The number of rotatable bonds is 5. The van der Waals surface area contributed by atoms with Gasteiger partial charge in [0.1, 0.15) is 11.2 Å². The molecule has 10 aromatic carbocycles. The van der Waals surface area contributed by atoms with E-state index in [0.29, 0.717) is 5.92 Å². The monoisotopic (exact) mass is 934 g/mol. The normalized spacial score (nSPS) is 15.2. The molecule has 1 saturated carbocycles. The minimum Gasteiger partial charge on any atom is -0.456 e. The fourth-order valence-corrected chi connectivity index (χ4v) is 13.8. The predicted molar refractivity (Wildman–Crippen MR) is 308 cm³/mol. The van der Waals surface area contributed by atoms with Crippen molar-refractivity contribution in [3.63, 3.8) is 0 Å². The molecular weight excluding hydrogens is 886 g/mol. The molecule has 0 saturated heterocycles. The fraction of sp³-hybridized carbons (Fsp3) is 0.0909. The van der Waals surface area contributed by atoms with Crippen LogP contribution in [0.15, 0.2) is 229 Å².